The minimum absolute atomic E-state index is 0.0950. The Kier molecular flexibility index (Phi) is 11.4. The molecule has 0 saturated carbocycles. The van der Waals surface area contributed by atoms with Crippen LogP contribution in [0, 0.1) is 5.92 Å². The molecule has 1 aliphatic heterocycles. The fourth-order valence-electron chi connectivity index (χ4n) is 4.50. The predicted molar refractivity (Wildman–Crippen MR) is 150 cm³/mol. The van der Waals surface area contributed by atoms with E-state index in [1.165, 1.54) is 0 Å². The Bertz CT molecular complexity index is 1100. The molecule has 0 saturated heterocycles. The number of anilines is 1. The van der Waals surface area contributed by atoms with Crippen LogP contribution in [0.3, 0.4) is 0 Å². The highest BCUT2D eigenvalue weighted by Gasteiger charge is 2.38. The van der Waals surface area contributed by atoms with Crippen molar-refractivity contribution in [3.05, 3.63) is 35.7 Å². The summed E-state index contributed by atoms with van der Waals surface area (Å²) in [6.07, 6.45) is 1.74. The summed E-state index contributed by atoms with van der Waals surface area (Å²) in [5.74, 6) is 0.299. The maximum absolute atomic E-state index is 13.4. The van der Waals surface area contributed by atoms with Gasteiger partial charge in [-0.05, 0) is 51.3 Å². The third-order valence-corrected chi connectivity index (χ3v) is 6.76. The van der Waals surface area contributed by atoms with Crippen molar-refractivity contribution in [3.8, 4) is 0 Å². The van der Waals surface area contributed by atoms with E-state index in [1.54, 1.807) is 4.90 Å². The van der Waals surface area contributed by atoms with Crippen LogP contribution in [0.2, 0.25) is 0 Å². The molecule has 1 aliphatic rings. The van der Waals surface area contributed by atoms with Crippen LogP contribution in [-0.4, -0.2) is 82.4 Å². The summed E-state index contributed by atoms with van der Waals surface area (Å²) in [5, 5.41) is 26.0. The average Bonchev–Trinajstić information content (AvgIpc) is 3.57. The van der Waals surface area contributed by atoms with Gasteiger partial charge in [-0.15, -0.1) is 10.2 Å². The van der Waals surface area contributed by atoms with Crippen molar-refractivity contribution in [2.45, 2.75) is 78.1 Å². The number of ether oxygens (including phenoxy) is 1. The van der Waals surface area contributed by atoms with Crippen LogP contribution < -0.4 is 26.2 Å². The number of rotatable bonds is 14. The SMILES string of the molecule is CC[C@H](C)[C@@H](CNCC(=O)N1c2ccccc2C[C@H]1C(=O)NCc1nn[nH]n1)NCCCNC(=O)OC(C)(C)C. The maximum atomic E-state index is 13.4. The Morgan fingerprint density at radius 1 is 1.18 bits per heavy atom. The molecule has 0 spiro atoms. The average molecular weight is 558 g/mol. The van der Waals surface area contributed by atoms with E-state index in [1.807, 2.05) is 45.0 Å². The van der Waals surface area contributed by atoms with Crippen molar-refractivity contribution in [1.29, 1.82) is 0 Å². The zero-order chi connectivity index (χ0) is 29.1. The van der Waals surface area contributed by atoms with Gasteiger partial charge in [0, 0.05) is 31.2 Å². The number of aromatic nitrogens is 4. The van der Waals surface area contributed by atoms with Gasteiger partial charge in [0.25, 0.3) is 0 Å². The highest BCUT2D eigenvalue weighted by molar-refractivity contribution is 6.04. The summed E-state index contributed by atoms with van der Waals surface area (Å²) in [4.78, 5) is 39.9. The number of tetrazole rings is 1. The first-order valence-electron chi connectivity index (χ1n) is 13.9. The topological polar surface area (TPSA) is 166 Å². The Hall–Kier alpha value is -3.58. The quantitative estimate of drug-likeness (QED) is 0.215. The fraction of sp³-hybridized carbons (Fsp3) is 0.630. The number of H-pyrrole nitrogens is 1. The van der Waals surface area contributed by atoms with Crippen LogP contribution >= 0.6 is 0 Å². The summed E-state index contributed by atoms with van der Waals surface area (Å²) in [6, 6.07) is 7.07. The number of amides is 3. The molecule has 220 valence electrons. The third kappa shape index (κ3) is 9.26. The molecule has 0 radical (unpaired) electrons. The van der Waals surface area contributed by atoms with Crippen LogP contribution in [0.1, 0.15) is 58.8 Å². The summed E-state index contributed by atoms with van der Waals surface area (Å²) in [5.41, 5.74) is 1.18. The lowest BCUT2D eigenvalue weighted by atomic mass is 9.99. The van der Waals surface area contributed by atoms with Gasteiger partial charge < -0.3 is 26.0 Å². The molecular weight excluding hydrogens is 514 g/mol. The molecular formula is C27H43N9O4. The van der Waals surface area contributed by atoms with Crippen LogP contribution in [0.4, 0.5) is 10.5 Å². The normalized spacial score (nSPS) is 16.2. The maximum Gasteiger partial charge on any atom is 0.407 e. The minimum Gasteiger partial charge on any atom is -0.444 e. The number of carbonyl (C=O) groups excluding carboxylic acids is 3. The highest BCUT2D eigenvalue weighted by atomic mass is 16.6. The smallest absolute Gasteiger partial charge is 0.407 e. The number of nitrogens with zero attached hydrogens (tertiary/aromatic N) is 4. The predicted octanol–water partition coefficient (Wildman–Crippen LogP) is 1.28. The van der Waals surface area contributed by atoms with E-state index < -0.39 is 17.7 Å². The molecule has 1 aromatic heterocycles. The first-order valence-corrected chi connectivity index (χ1v) is 13.9. The monoisotopic (exact) mass is 557 g/mol. The molecule has 2 aromatic rings. The number of benzene rings is 1. The first-order chi connectivity index (χ1) is 19.1. The van der Waals surface area contributed by atoms with E-state index in [-0.39, 0.29) is 30.9 Å². The number of hydrogen-bond acceptors (Lipinski definition) is 9. The van der Waals surface area contributed by atoms with Crippen molar-refractivity contribution < 1.29 is 19.1 Å². The second-order valence-electron chi connectivity index (χ2n) is 11.0. The fourth-order valence-corrected chi connectivity index (χ4v) is 4.50. The molecule has 3 amide bonds. The van der Waals surface area contributed by atoms with E-state index in [9.17, 15) is 14.4 Å². The minimum atomic E-state index is -0.653. The molecule has 0 fully saturated rings. The highest BCUT2D eigenvalue weighted by Crippen LogP contribution is 2.32. The van der Waals surface area contributed by atoms with E-state index in [0.29, 0.717) is 37.8 Å². The molecule has 2 heterocycles. The van der Waals surface area contributed by atoms with Gasteiger partial charge in [0.2, 0.25) is 11.8 Å². The van der Waals surface area contributed by atoms with E-state index in [4.69, 9.17) is 4.74 Å². The molecule has 13 heteroatoms. The Morgan fingerprint density at radius 3 is 2.65 bits per heavy atom. The lowest BCUT2D eigenvalue weighted by Crippen LogP contribution is -2.51. The number of hydrogen-bond donors (Lipinski definition) is 5. The summed E-state index contributed by atoms with van der Waals surface area (Å²) < 4.78 is 5.26. The molecule has 0 aliphatic carbocycles. The first kappa shape index (κ1) is 31.0. The number of para-hydroxylation sites is 1. The van der Waals surface area contributed by atoms with Gasteiger partial charge in [-0.1, -0.05) is 43.7 Å². The Balaban J connectivity index is 1.50. The third-order valence-electron chi connectivity index (χ3n) is 6.76. The van der Waals surface area contributed by atoms with Crippen LogP contribution in [0.15, 0.2) is 24.3 Å². The number of fused-ring (bicyclic) bond motifs is 1. The second-order valence-corrected chi connectivity index (χ2v) is 11.0. The molecule has 3 rings (SSSR count). The van der Waals surface area contributed by atoms with Crippen LogP contribution in [0.5, 0.6) is 0 Å². The molecule has 13 nitrogen and oxygen atoms in total. The Morgan fingerprint density at radius 2 is 1.95 bits per heavy atom. The summed E-state index contributed by atoms with van der Waals surface area (Å²) in [6.45, 7) is 11.8. The molecule has 1 aromatic carbocycles. The van der Waals surface area contributed by atoms with Crippen LogP contribution in [-0.2, 0) is 27.3 Å². The summed E-state index contributed by atoms with van der Waals surface area (Å²) >= 11 is 0. The van der Waals surface area contributed by atoms with Gasteiger partial charge in [-0.2, -0.15) is 5.21 Å². The van der Waals surface area contributed by atoms with Gasteiger partial charge >= 0.3 is 6.09 Å². The van der Waals surface area contributed by atoms with Gasteiger partial charge in [-0.3, -0.25) is 14.5 Å². The van der Waals surface area contributed by atoms with Gasteiger partial charge in [0.15, 0.2) is 5.82 Å². The molecule has 3 atom stereocenters. The standard InChI is InChI=1S/C27H43N9O4/c1-6-18(2)20(29-12-9-13-30-26(39)40-27(3,4)5)15-28-17-24(37)36-21-11-8-7-10-19(21)14-22(36)25(38)31-16-23-32-34-35-33-23/h7-8,10-11,18,20,22,28-29H,6,9,12-17H2,1-5H3,(H,30,39)(H,31,38)(H,32,33,34,35)/t18-,20+,22-/m0/s1. The van der Waals surface area contributed by atoms with E-state index in [2.05, 4.69) is 55.7 Å². The zero-order valence-corrected chi connectivity index (χ0v) is 24.1. The van der Waals surface area contributed by atoms with Crippen LogP contribution in [0.25, 0.3) is 0 Å². The molecule has 5 N–H and O–H groups in total. The van der Waals surface area contributed by atoms with Crippen molar-refractivity contribution >= 4 is 23.6 Å². The van der Waals surface area contributed by atoms with Crippen molar-refractivity contribution in [2.24, 2.45) is 5.92 Å². The lowest BCUT2D eigenvalue weighted by molar-refractivity contribution is -0.126. The number of nitrogens with one attached hydrogen (secondary N) is 5. The Labute approximate surface area is 235 Å². The van der Waals surface area contributed by atoms with Gasteiger partial charge in [0.05, 0.1) is 13.1 Å². The molecule has 0 unspecified atom stereocenters. The van der Waals surface area contributed by atoms with E-state index >= 15 is 0 Å². The van der Waals surface area contributed by atoms with Gasteiger partial charge in [0.1, 0.15) is 11.6 Å². The molecule has 0 bridgehead atoms. The second kappa shape index (κ2) is 14.7. The van der Waals surface area contributed by atoms with E-state index in [0.717, 1.165) is 24.1 Å². The summed E-state index contributed by atoms with van der Waals surface area (Å²) in [7, 11) is 0. The largest absolute Gasteiger partial charge is 0.444 e. The zero-order valence-electron chi connectivity index (χ0n) is 24.1. The number of carbonyl (C=O) groups is 3. The van der Waals surface area contributed by atoms with Crippen molar-refractivity contribution in [2.75, 3.05) is 31.1 Å². The number of aromatic amines is 1. The molecule has 40 heavy (non-hydrogen) atoms. The number of alkyl carbamates (subject to hydrolysis) is 1. The van der Waals surface area contributed by atoms with Crippen molar-refractivity contribution in [1.82, 2.24) is 41.9 Å². The lowest BCUT2D eigenvalue weighted by Gasteiger charge is -2.27. The van der Waals surface area contributed by atoms with Crippen molar-refractivity contribution in [3.63, 3.8) is 0 Å². The van der Waals surface area contributed by atoms with Gasteiger partial charge in [-0.25, -0.2) is 4.79 Å².